The number of amides is 5. The van der Waals surface area contributed by atoms with Gasteiger partial charge in [0.05, 0.1) is 22.5 Å². The van der Waals surface area contributed by atoms with Gasteiger partial charge in [-0.25, -0.2) is 0 Å². The van der Waals surface area contributed by atoms with Crippen molar-refractivity contribution >= 4 is 40.9 Å². The zero-order chi connectivity index (χ0) is 20.0. The molecule has 2 heterocycles. The van der Waals surface area contributed by atoms with Crippen molar-refractivity contribution in [3.8, 4) is 0 Å². The second-order valence-electron chi connectivity index (χ2n) is 6.52. The maximum absolute atomic E-state index is 13.0. The molecule has 1 fully saturated rings. The Morgan fingerprint density at radius 3 is 2.36 bits per heavy atom. The van der Waals surface area contributed by atoms with Crippen LogP contribution >= 0.6 is 0 Å². The molecule has 0 bridgehead atoms. The van der Waals surface area contributed by atoms with Crippen molar-refractivity contribution in [1.29, 1.82) is 0 Å². The number of carbonyl (C=O) groups is 5. The molecule has 1 saturated heterocycles. The normalized spacial score (nSPS) is 15.7. The van der Waals surface area contributed by atoms with Crippen molar-refractivity contribution in [2.24, 2.45) is 0 Å². The van der Waals surface area contributed by atoms with Gasteiger partial charge in [-0.15, -0.1) is 0 Å². The van der Waals surface area contributed by atoms with Crippen LogP contribution in [0.4, 0.5) is 11.4 Å². The lowest BCUT2D eigenvalue weighted by Gasteiger charge is -2.20. The van der Waals surface area contributed by atoms with E-state index in [1.165, 1.54) is 24.1 Å². The van der Waals surface area contributed by atoms with Crippen molar-refractivity contribution in [2.75, 3.05) is 16.8 Å². The van der Waals surface area contributed by atoms with Crippen molar-refractivity contribution in [2.45, 2.75) is 12.8 Å². The molecule has 2 aromatic rings. The fraction of sp³-hybridized carbons (Fsp3) is 0.150. The number of imide groups is 2. The summed E-state index contributed by atoms with van der Waals surface area (Å²) >= 11 is 0. The minimum atomic E-state index is -0.558. The average molecular weight is 377 g/mol. The molecule has 1 N–H and O–H groups in total. The predicted octanol–water partition coefficient (Wildman–Crippen LogP) is 1.50. The number of hydrogen-bond donors (Lipinski definition) is 1. The van der Waals surface area contributed by atoms with Gasteiger partial charge in [0, 0.05) is 25.5 Å². The maximum Gasteiger partial charge on any atom is 0.261 e. The Morgan fingerprint density at radius 1 is 0.964 bits per heavy atom. The van der Waals surface area contributed by atoms with E-state index in [2.05, 4.69) is 5.32 Å². The monoisotopic (exact) mass is 377 g/mol. The van der Waals surface area contributed by atoms with Crippen LogP contribution in [0.5, 0.6) is 0 Å². The number of fused-ring (bicyclic) bond motifs is 1. The lowest BCUT2D eigenvalue weighted by Crippen LogP contribution is -2.30. The summed E-state index contributed by atoms with van der Waals surface area (Å²) in [5, 5.41) is 2.21. The number of rotatable bonds is 3. The van der Waals surface area contributed by atoms with E-state index >= 15 is 0 Å². The van der Waals surface area contributed by atoms with Crippen LogP contribution in [0.3, 0.4) is 0 Å². The second-order valence-corrected chi connectivity index (χ2v) is 6.52. The number of hydrogen-bond acceptors (Lipinski definition) is 5. The molecule has 28 heavy (non-hydrogen) atoms. The Balaban J connectivity index is 1.69. The van der Waals surface area contributed by atoms with Crippen LogP contribution in [-0.2, 0) is 9.59 Å². The third-order valence-corrected chi connectivity index (χ3v) is 4.81. The van der Waals surface area contributed by atoms with E-state index in [0.29, 0.717) is 11.4 Å². The topological polar surface area (TPSA) is 104 Å². The van der Waals surface area contributed by atoms with Crippen molar-refractivity contribution in [3.05, 3.63) is 59.2 Å². The van der Waals surface area contributed by atoms with Crippen LogP contribution in [0.1, 0.15) is 43.9 Å². The molecule has 8 nitrogen and oxygen atoms in total. The SMILES string of the molecule is CN(C(=O)c1cccc(N2C(=O)CCC2=O)c1)c1cccc2c1C(=O)NC2=O. The highest BCUT2D eigenvalue weighted by atomic mass is 16.2. The minimum absolute atomic E-state index is 0.143. The van der Waals surface area contributed by atoms with Gasteiger partial charge < -0.3 is 4.90 Å². The van der Waals surface area contributed by atoms with E-state index in [1.807, 2.05) is 0 Å². The third kappa shape index (κ3) is 2.66. The molecular weight excluding hydrogens is 362 g/mol. The Bertz CT molecular complexity index is 1060. The molecule has 8 heteroatoms. The summed E-state index contributed by atoms with van der Waals surface area (Å²) in [6.07, 6.45) is 0.298. The molecule has 5 amide bonds. The highest BCUT2D eigenvalue weighted by molar-refractivity contribution is 6.25. The van der Waals surface area contributed by atoms with Crippen LogP contribution in [0.2, 0.25) is 0 Å². The van der Waals surface area contributed by atoms with Gasteiger partial charge in [-0.05, 0) is 30.3 Å². The average Bonchev–Trinajstić information content (AvgIpc) is 3.18. The summed E-state index contributed by atoms with van der Waals surface area (Å²) in [6.45, 7) is 0. The van der Waals surface area contributed by atoms with E-state index < -0.39 is 17.7 Å². The van der Waals surface area contributed by atoms with Crippen LogP contribution in [0.15, 0.2) is 42.5 Å². The first-order valence-corrected chi connectivity index (χ1v) is 8.61. The molecular formula is C20H15N3O5. The van der Waals surface area contributed by atoms with Gasteiger partial charge >= 0.3 is 0 Å². The smallest absolute Gasteiger partial charge is 0.261 e. The van der Waals surface area contributed by atoms with Crippen LogP contribution in [-0.4, -0.2) is 36.6 Å². The van der Waals surface area contributed by atoms with Crippen LogP contribution < -0.4 is 15.1 Å². The highest BCUT2D eigenvalue weighted by Gasteiger charge is 2.33. The quantitative estimate of drug-likeness (QED) is 0.817. The van der Waals surface area contributed by atoms with Crippen molar-refractivity contribution in [3.63, 3.8) is 0 Å². The number of nitrogens with one attached hydrogen (secondary N) is 1. The molecule has 0 aromatic heterocycles. The molecule has 0 unspecified atom stereocenters. The lowest BCUT2D eigenvalue weighted by molar-refractivity contribution is -0.121. The molecule has 0 radical (unpaired) electrons. The van der Waals surface area contributed by atoms with Gasteiger partial charge in [0.2, 0.25) is 11.8 Å². The number of nitrogens with zero attached hydrogens (tertiary/aromatic N) is 2. The van der Waals surface area contributed by atoms with Gasteiger partial charge in [0.25, 0.3) is 17.7 Å². The van der Waals surface area contributed by atoms with Crippen LogP contribution in [0.25, 0.3) is 0 Å². The fourth-order valence-electron chi connectivity index (χ4n) is 3.43. The highest BCUT2D eigenvalue weighted by Crippen LogP contribution is 2.29. The first kappa shape index (κ1) is 17.6. The van der Waals surface area contributed by atoms with Crippen LogP contribution in [0, 0.1) is 0 Å². The van der Waals surface area contributed by atoms with E-state index in [9.17, 15) is 24.0 Å². The first-order valence-electron chi connectivity index (χ1n) is 8.61. The van der Waals surface area contributed by atoms with Gasteiger partial charge in [0.15, 0.2) is 0 Å². The summed E-state index contributed by atoms with van der Waals surface area (Å²) in [7, 11) is 1.49. The second kappa shape index (κ2) is 6.41. The maximum atomic E-state index is 13.0. The molecule has 0 saturated carbocycles. The minimum Gasteiger partial charge on any atom is -0.311 e. The molecule has 0 atom stereocenters. The molecule has 4 rings (SSSR count). The van der Waals surface area contributed by atoms with E-state index in [1.54, 1.807) is 30.3 Å². The summed E-state index contributed by atoms with van der Waals surface area (Å²) < 4.78 is 0. The largest absolute Gasteiger partial charge is 0.311 e. The molecule has 2 aromatic carbocycles. The summed E-state index contributed by atoms with van der Waals surface area (Å²) in [6, 6.07) is 10.9. The summed E-state index contributed by atoms with van der Waals surface area (Å²) in [4.78, 5) is 63.2. The first-order chi connectivity index (χ1) is 13.4. The fourth-order valence-corrected chi connectivity index (χ4v) is 3.43. The van der Waals surface area contributed by atoms with E-state index in [-0.39, 0.29) is 41.3 Å². The Morgan fingerprint density at radius 2 is 1.64 bits per heavy atom. The summed E-state index contributed by atoms with van der Waals surface area (Å²) in [5.41, 5.74) is 1.23. The van der Waals surface area contributed by atoms with Gasteiger partial charge in [-0.1, -0.05) is 12.1 Å². The molecule has 2 aliphatic rings. The number of benzene rings is 2. The number of carbonyl (C=O) groups excluding carboxylic acids is 5. The molecule has 0 aliphatic carbocycles. The number of anilines is 2. The zero-order valence-corrected chi connectivity index (χ0v) is 14.9. The Hall–Kier alpha value is -3.81. The van der Waals surface area contributed by atoms with Gasteiger partial charge in [0.1, 0.15) is 0 Å². The van der Waals surface area contributed by atoms with Gasteiger partial charge in [-0.2, -0.15) is 0 Å². The zero-order valence-electron chi connectivity index (χ0n) is 14.9. The molecule has 0 spiro atoms. The third-order valence-electron chi connectivity index (χ3n) is 4.81. The van der Waals surface area contributed by atoms with Gasteiger partial charge in [-0.3, -0.25) is 34.2 Å². The van der Waals surface area contributed by atoms with E-state index in [4.69, 9.17) is 0 Å². The summed E-state index contributed by atoms with van der Waals surface area (Å²) in [5.74, 6) is -2.12. The lowest BCUT2D eigenvalue weighted by atomic mass is 10.1. The van der Waals surface area contributed by atoms with E-state index in [0.717, 1.165) is 4.90 Å². The standard InChI is InChI=1S/C20H15N3O5/c1-22(14-7-3-6-13-17(14)19(27)21-18(13)26)20(28)11-4-2-5-12(10-11)23-15(24)8-9-16(23)25/h2-7,10H,8-9H2,1H3,(H,21,26,27). The predicted molar refractivity (Wildman–Crippen MR) is 99.1 cm³/mol. The molecule has 140 valence electrons. The molecule has 2 aliphatic heterocycles. The Kier molecular flexibility index (Phi) is 4.03. The Labute approximate surface area is 159 Å². The van der Waals surface area contributed by atoms with Crippen molar-refractivity contribution < 1.29 is 24.0 Å². The van der Waals surface area contributed by atoms with Crippen molar-refractivity contribution in [1.82, 2.24) is 5.32 Å².